The molecule has 5 nitrogen and oxygen atoms in total. The molecule has 0 saturated carbocycles. The molecule has 0 aromatic carbocycles. The number of aliphatic hydroxyl groups is 1. The summed E-state index contributed by atoms with van der Waals surface area (Å²) in [6.07, 6.45) is 20.0. The molecule has 0 aromatic heterocycles. The third-order valence-electron chi connectivity index (χ3n) is 4.42. The van der Waals surface area contributed by atoms with Gasteiger partial charge in [0, 0.05) is 13.0 Å². The van der Waals surface area contributed by atoms with Crippen LogP contribution in [-0.2, 0) is 19.1 Å². The summed E-state index contributed by atoms with van der Waals surface area (Å²) >= 11 is 0. The van der Waals surface area contributed by atoms with E-state index in [-0.39, 0.29) is 56.2 Å². The van der Waals surface area contributed by atoms with E-state index in [0.29, 0.717) is 6.42 Å². The standard InChI is InChI=1S/C21H40O5S.Na.H/c1-2-3-4-5-6-7-8-9-10-11-12-13-14-15-16-18-21(23)26-27(24,25)20-17-19-22;;/h9-10,22H,2-8,11-20H2,1H3;;/q;+1;-1/b10-9-;;. The molecule has 0 atom stereocenters. The zero-order valence-corrected chi connectivity index (χ0v) is 21.0. The number of hydrogen-bond acceptors (Lipinski definition) is 5. The molecule has 0 unspecified atom stereocenters. The Balaban J connectivity index is -0.00000338. The molecule has 0 rings (SSSR count). The molecule has 162 valence electrons. The van der Waals surface area contributed by atoms with Crippen LogP contribution in [0.15, 0.2) is 12.2 Å². The van der Waals surface area contributed by atoms with E-state index in [1.165, 1.54) is 44.9 Å². The van der Waals surface area contributed by atoms with Crippen LogP contribution in [0, 0.1) is 0 Å². The van der Waals surface area contributed by atoms with Crippen LogP contribution < -0.4 is 29.6 Å². The van der Waals surface area contributed by atoms with Gasteiger partial charge in [0.2, 0.25) is 0 Å². The van der Waals surface area contributed by atoms with Gasteiger partial charge in [-0.05, 0) is 38.5 Å². The molecule has 0 saturated heterocycles. The second kappa shape index (κ2) is 21.8. The van der Waals surface area contributed by atoms with Gasteiger partial charge in [-0.3, -0.25) is 4.79 Å². The number of rotatable bonds is 19. The van der Waals surface area contributed by atoms with Crippen LogP contribution in [0.1, 0.15) is 105 Å². The van der Waals surface area contributed by atoms with Gasteiger partial charge in [-0.2, -0.15) is 8.42 Å². The Morgan fingerprint density at radius 3 is 1.89 bits per heavy atom. The monoisotopic (exact) mass is 428 g/mol. The minimum absolute atomic E-state index is 0. The van der Waals surface area contributed by atoms with Gasteiger partial charge in [-0.15, -0.1) is 0 Å². The van der Waals surface area contributed by atoms with E-state index in [1.54, 1.807) is 0 Å². The molecule has 0 radical (unpaired) electrons. The molecule has 0 spiro atoms. The zero-order chi connectivity index (χ0) is 20.2. The second-order valence-electron chi connectivity index (χ2n) is 7.13. The van der Waals surface area contributed by atoms with E-state index in [2.05, 4.69) is 23.3 Å². The quantitative estimate of drug-likeness (QED) is 0.148. The summed E-state index contributed by atoms with van der Waals surface area (Å²) in [6, 6.07) is 0. The molecule has 28 heavy (non-hydrogen) atoms. The zero-order valence-electron chi connectivity index (χ0n) is 19.2. The normalized spacial score (nSPS) is 11.5. The number of hydrogen-bond donors (Lipinski definition) is 1. The van der Waals surface area contributed by atoms with Crippen molar-refractivity contribution in [2.24, 2.45) is 0 Å². The van der Waals surface area contributed by atoms with Crippen LogP contribution in [0.3, 0.4) is 0 Å². The Bertz CT molecular complexity index is 483. The maximum absolute atomic E-state index is 11.5. The van der Waals surface area contributed by atoms with Gasteiger partial charge >= 0.3 is 45.6 Å². The van der Waals surface area contributed by atoms with Crippen molar-refractivity contribution in [2.75, 3.05) is 12.4 Å². The van der Waals surface area contributed by atoms with E-state index >= 15 is 0 Å². The van der Waals surface area contributed by atoms with Gasteiger partial charge in [-0.1, -0.05) is 70.4 Å². The molecular weight excluding hydrogens is 387 g/mol. The summed E-state index contributed by atoms with van der Waals surface area (Å²) in [4.78, 5) is 11.5. The number of carbonyl (C=O) groups is 1. The Morgan fingerprint density at radius 1 is 0.857 bits per heavy atom. The predicted molar refractivity (Wildman–Crippen MR) is 112 cm³/mol. The van der Waals surface area contributed by atoms with Gasteiger partial charge < -0.3 is 10.7 Å². The smallest absolute Gasteiger partial charge is 1.00 e. The minimum Gasteiger partial charge on any atom is -1.00 e. The molecule has 0 aromatic rings. The number of unbranched alkanes of at least 4 members (excludes halogenated alkanes) is 11. The maximum Gasteiger partial charge on any atom is 1.00 e. The third kappa shape index (κ3) is 22.4. The van der Waals surface area contributed by atoms with Gasteiger partial charge in [-0.25, -0.2) is 0 Å². The predicted octanol–water partition coefficient (Wildman–Crippen LogP) is 2.40. The van der Waals surface area contributed by atoms with Crippen molar-refractivity contribution in [1.29, 1.82) is 0 Å². The third-order valence-corrected chi connectivity index (χ3v) is 5.64. The maximum atomic E-state index is 11.5. The molecule has 7 heteroatoms. The first-order valence-corrected chi connectivity index (χ1v) is 12.3. The van der Waals surface area contributed by atoms with Crippen LogP contribution >= 0.6 is 0 Å². The van der Waals surface area contributed by atoms with Crippen molar-refractivity contribution in [1.82, 2.24) is 0 Å². The first kappa shape index (κ1) is 30.3. The summed E-state index contributed by atoms with van der Waals surface area (Å²) in [5, 5.41) is 8.61. The molecule has 1 N–H and O–H groups in total. The van der Waals surface area contributed by atoms with Gasteiger partial charge in [0.15, 0.2) is 0 Å². The van der Waals surface area contributed by atoms with Gasteiger partial charge in [0.1, 0.15) is 0 Å². The number of allylic oxidation sites excluding steroid dienone is 2. The van der Waals surface area contributed by atoms with Crippen molar-refractivity contribution in [2.45, 2.75) is 103 Å². The van der Waals surface area contributed by atoms with Crippen LogP contribution in [0.2, 0.25) is 0 Å². The van der Waals surface area contributed by atoms with Crippen LogP contribution in [-0.4, -0.2) is 31.9 Å². The number of carbonyl (C=O) groups excluding carboxylic acids is 1. The number of aliphatic hydroxyl groups excluding tert-OH is 1. The molecule has 0 aliphatic heterocycles. The van der Waals surface area contributed by atoms with Gasteiger partial charge in [0.25, 0.3) is 0 Å². The van der Waals surface area contributed by atoms with E-state index in [4.69, 9.17) is 5.11 Å². The fourth-order valence-corrected chi connectivity index (χ4v) is 3.74. The second-order valence-corrected chi connectivity index (χ2v) is 8.82. The van der Waals surface area contributed by atoms with Crippen LogP contribution in [0.5, 0.6) is 0 Å². The average molecular weight is 429 g/mol. The molecule has 0 fully saturated rings. The fraction of sp³-hybridized carbons (Fsp3) is 0.857. The van der Waals surface area contributed by atoms with E-state index in [1.807, 2.05) is 0 Å². The summed E-state index contributed by atoms with van der Waals surface area (Å²) in [7, 11) is -3.83. The van der Waals surface area contributed by atoms with Gasteiger partial charge in [0.05, 0.1) is 5.75 Å². The summed E-state index contributed by atoms with van der Waals surface area (Å²) in [6.45, 7) is 2.01. The van der Waals surface area contributed by atoms with E-state index in [0.717, 1.165) is 32.1 Å². The molecule has 0 heterocycles. The Kier molecular flexibility index (Phi) is 23.6. The summed E-state index contributed by atoms with van der Waals surface area (Å²) in [5.41, 5.74) is 0. The Hall–Kier alpha value is 0.120. The molecule has 0 aliphatic rings. The SMILES string of the molecule is CCCCCCCC/C=C\CCCCCCCC(=O)OS(=O)(=O)CCCO.[H-].[Na+]. The minimum atomic E-state index is -3.83. The van der Waals surface area contributed by atoms with E-state index < -0.39 is 16.1 Å². The van der Waals surface area contributed by atoms with Crippen molar-refractivity contribution in [3.8, 4) is 0 Å². The van der Waals surface area contributed by atoms with E-state index in [9.17, 15) is 13.2 Å². The van der Waals surface area contributed by atoms with Crippen LogP contribution in [0.4, 0.5) is 0 Å². The molecular formula is C21H41NaO5S. The summed E-state index contributed by atoms with van der Waals surface area (Å²) in [5.74, 6) is -1.01. The first-order chi connectivity index (χ1) is 13.0. The Labute approximate surface area is 196 Å². The fourth-order valence-electron chi connectivity index (χ4n) is 2.81. The van der Waals surface area contributed by atoms with Crippen molar-refractivity contribution < 1.29 is 53.5 Å². The summed E-state index contributed by atoms with van der Waals surface area (Å²) < 4.78 is 27.3. The average Bonchev–Trinajstić information content (AvgIpc) is 2.63. The van der Waals surface area contributed by atoms with Crippen molar-refractivity contribution in [3.05, 3.63) is 12.2 Å². The first-order valence-electron chi connectivity index (χ1n) is 10.7. The Morgan fingerprint density at radius 2 is 1.36 bits per heavy atom. The van der Waals surface area contributed by atoms with Crippen molar-refractivity contribution >= 4 is 16.1 Å². The topological polar surface area (TPSA) is 80.7 Å². The largest absolute Gasteiger partial charge is 1.00 e. The molecule has 0 aliphatic carbocycles. The molecule has 0 amide bonds. The van der Waals surface area contributed by atoms with Crippen LogP contribution in [0.25, 0.3) is 0 Å². The van der Waals surface area contributed by atoms with Crippen molar-refractivity contribution in [3.63, 3.8) is 0 Å². The molecule has 0 bridgehead atoms.